The molecule has 1 N–H and O–H groups in total. The third-order valence-corrected chi connectivity index (χ3v) is 6.00. The smallest absolute Gasteiger partial charge is 0.344 e. The summed E-state index contributed by atoms with van der Waals surface area (Å²) in [7, 11) is 0. The highest BCUT2D eigenvalue weighted by molar-refractivity contribution is 8.18. The minimum absolute atomic E-state index is 0.114. The van der Waals surface area contributed by atoms with Crippen molar-refractivity contribution in [2.45, 2.75) is 33.8 Å². The van der Waals surface area contributed by atoms with E-state index in [2.05, 4.69) is 4.99 Å². The number of hydrogen-bond donors (Lipinski definition) is 1. The molecule has 0 saturated heterocycles. The minimum atomic E-state index is -0.733. The van der Waals surface area contributed by atoms with Gasteiger partial charge in [-0.1, -0.05) is 48.5 Å². The van der Waals surface area contributed by atoms with Crippen LogP contribution < -0.4 is 9.47 Å². The molecule has 2 aromatic rings. The number of benzene rings is 2. The Morgan fingerprint density at radius 1 is 1.06 bits per heavy atom. The molecule has 1 aliphatic heterocycles. The summed E-state index contributed by atoms with van der Waals surface area (Å²) >= 11 is 7.08. The lowest BCUT2D eigenvalue weighted by molar-refractivity contribution is -0.138. The third-order valence-electron chi connectivity index (χ3n) is 4.75. The summed E-state index contributed by atoms with van der Waals surface area (Å²) < 4.78 is 16.7. The molecule has 0 unspecified atom stereocenters. The Bertz CT molecular complexity index is 1200. The number of hydrogen-bond acceptors (Lipinski definition) is 7. The molecule has 35 heavy (non-hydrogen) atoms. The largest absolute Gasteiger partial charge is 0.506 e. The molecule has 2 aromatic carbocycles. The molecular formula is C26H26ClNO6S. The van der Waals surface area contributed by atoms with Crippen LogP contribution >= 0.6 is 23.4 Å². The summed E-state index contributed by atoms with van der Waals surface area (Å²) in [5.74, 6) is -0.339. The van der Waals surface area contributed by atoms with E-state index >= 15 is 0 Å². The fraction of sp³-hybridized carbons (Fsp3) is 0.269. The number of nitrogens with zero attached hydrogens (tertiary/aromatic N) is 1. The maximum Gasteiger partial charge on any atom is 0.344 e. The van der Waals surface area contributed by atoms with Crippen molar-refractivity contribution < 1.29 is 28.9 Å². The van der Waals surface area contributed by atoms with Crippen LogP contribution in [-0.2, 0) is 20.9 Å². The number of aliphatic imine (C=N–C) groups is 1. The van der Waals surface area contributed by atoms with Crippen LogP contribution in [-0.4, -0.2) is 35.2 Å². The summed E-state index contributed by atoms with van der Waals surface area (Å²) in [6, 6.07) is 12.7. The van der Waals surface area contributed by atoms with Gasteiger partial charge in [0.25, 0.3) is 0 Å². The van der Waals surface area contributed by atoms with Gasteiger partial charge in [-0.3, -0.25) is 4.79 Å². The predicted molar refractivity (Wildman–Crippen MR) is 138 cm³/mol. The van der Waals surface area contributed by atoms with Gasteiger partial charge in [0.15, 0.2) is 11.5 Å². The van der Waals surface area contributed by atoms with Crippen LogP contribution in [0.1, 0.15) is 38.3 Å². The molecule has 0 spiro atoms. The van der Waals surface area contributed by atoms with Crippen LogP contribution in [0.3, 0.4) is 0 Å². The molecule has 0 bridgehead atoms. The van der Waals surface area contributed by atoms with Crippen molar-refractivity contribution in [2.75, 3.05) is 13.2 Å². The molecule has 1 amide bonds. The van der Waals surface area contributed by atoms with Gasteiger partial charge in [-0.25, -0.2) is 9.79 Å². The van der Waals surface area contributed by atoms with Crippen LogP contribution in [0, 0.1) is 0 Å². The van der Waals surface area contributed by atoms with Gasteiger partial charge in [-0.05, 0) is 55.3 Å². The van der Waals surface area contributed by atoms with E-state index in [1.165, 1.54) is 0 Å². The molecule has 184 valence electrons. The van der Waals surface area contributed by atoms with Crippen LogP contribution in [0.5, 0.6) is 11.5 Å². The summed E-state index contributed by atoms with van der Waals surface area (Å²) in [6.07, 6.45) is 1.86. The second-order valence-electron chi connectivity index (χ2n) is 7.28. The monoisotopic (exact) mass is 515 g/mol. The van der Waals surface area contributed by atoms with Crippen LogP contribution in [0.2, 0.25) is 5.02 Å². The number of rotatable bonds is 9. The Balaban J connectivity index is 1.90. The average Bonchev–Trinajstić information content (AvgIpc) is 3.13. The Morgan fingerprint density at radius 3 is 2.54 bits per heavy atom. The van der Waals surface area contributed by atoms with Gasteiger partial charge in [0, 0.05) is 11.4 Å². The minimum Gasteiger partial charge on any atom is -0.506 e. The van der Waals surface area contributed by atoms with E-state index in [-0.39, 0.29) is 29.4 Å². The van der Waals surface area contributed by atoms with Gasteiger partial charge < -0.3 is 19.3 Å². The SMILES string of the molecule is CCOC(=O)C1=C(O)/C(=C/c2ccc(OCc3cccc(Cl)c3)c(OCC)c2)SC1=NC(=O)CC. The van der Waals surface area contributed by atoms with E-state index in [4.69, 9.17) is 25.8 Å². The fourth-order valence-corrected chi connectivity index (χ4v) is 4.37. The van der Waals surface area contributed by atoms with Crippen molar-refractivity contribution in [1.82, 2.24) is 0 Å². The molecule has 1 heterocycles. The van der Waals surface area contributed by atoms with Crippen molar-refractivity contribution in [3.8, 4) is 11.5 Å². The van der Waals surface area contributed by atoms with Crippen LogP contribution in [0.15, 0.2) is 63.7 Å². The van der Waals surface area contributed by atoms with Crippen molar-refractivity contribution in [2.24, 2.45) is 4.99 Å². The van der Waals surface area contributed by atoms with E-state index in [1.807, 2.05) is 25.1 Å². The first-order valence-corrected chi connectivity index (χ1v) is 12.3. The Hall–Kier alpha value is -3.23. The summed E-state index contributed by atoms with van der Waals surface area (Å²) in [6.45, 7) is 6.06. The third kappa shape index (κ3) is 6.90. The van der Waals surface area contributed by atoms with E-state index < -0.39 is 11.9 Å². The van der Waals surface area contributed by atoms with Crippen molar-refractivity contribution >= 4 is 46.4 Å². The van der Waals surface area contributed by atoms with E-state index in [1.54, 1.807) is 44.2 Å². The number of amides is 1. The maximum atomic E-state index is 12.4. The Kier molecular flexibility index (Phi) is 9.39. The fourth-order valence-electron chi connectivity index (χ4n) is 3.13. The summed E-state index contributed by atoms with van der Waals surface area (Å²) in [4.78, 5) is 28.6. The molecule has 7 nitrogen and oxygen atoms in total. The first-order valence-electron chi connectivity index (χ1n) is 11.1. The highest BCUT2D eigenvalue weighted by Crippen LogP contribution is 2.40. The van der Waals surface area contributed by atoms with Gasteiger partial charge in [-0.2, -0.15) is 0 Å². The normalized spacial score (nSPS) is 15.5. The van der Waals surface area contributed by atoms with E-state index in [0.717, 1.165) is 17.3 Å². The molecular weight excluding hydrogens is 490 g/mol. The van der Waals surface area contributed by atoms with Crippen LogP contribution in [0.4, 0.5) is 0 Å². The maximum absolute atomic E-state index is 12.4. The van der Waals surface area contributed by atoms with E-state index in [0.29, 0.717) is 40.2 Å². The molecule has 0 fully saturated rings. The molecule has 3 rings (SSSR count). The van der Waals surface area contributed by atoms with Gasteiger partial charge in [0.1, 0.15) is 23.0 Å². The topological polar surface area (TPSA) is 94.4 Å². The zero-order chi connectivity index (χ0) is 25.4. The molecule has 9 heteroatoms. The number of aliphatic hydroxyl groups excluding tert-OH is 1. The number of carbonyl (C=O) groups is 2. The average molecular weight is 516 g/mol. The lowest BCUT2D eigenvalue weighted by Crippen LogP contribution is -2.14. The first kappa shape index (κ1) is 26.4. The number of carbonyl (C=O) groups excluding carboxylic acids is 2. The van der Waals surface area contributed by atoms with Gasteiger partial charge in [0.05, 0.1) is 18.1 Å². The van der Waals surface area contributed by atoms with Crippen molar-refractivity contribution in [3.63, 3.8) is 0 Å². The van der Waals surface area contributed by atoms with Gasteiger partial charge >= 0.3 is 5.97 Å². The number of aliphatic hydroxyl groups is 1. The number of esters is 1. The van der Waals surface area contributed by atoms with Gasteiger partial charge in [-0.15, -0.1) is 0 Å². The van der Waals surface area contributed by atoms with Gasteiger partial charge in [0.2, 0.25) is 5.91 Å². The highest BCUT2D eigenvalue weighted by Gasteiger charge is 2.33. The quantitative estimate of drug-likeness (QED) is 0.402. The lowest BCUT2D eigenvalue weighted by atomic mass is 10.1. The summed E-state index contributed by atoms with van der Waals surface area (Å²) in [5.41, 5.74) is 1.50. The predicted octanol–water partition coefficient (Wildman–Crippen LogP) is 6.12. The van der Waals surface area contributed by atoms with Crippen LogP contribution in [0.25, 0.3) is 6.08 Å². The van der Waals surface area contributed by atoms with Crippen molar-refractivity contribution in [3.05, 3.63) is 74.9 Å². The Morgan fingerprint density at radius 2 is 1.86 bits per heavy atom. The zero-order valence-electron chi connectivity index (χ0n) is 19.7. The second kappa shape index (κ2) is 12.5. The molecule has 0 atom stereocenters. The van der Waals surface area contributed by atoms with E-state index in [9.17, 15) is 14.7 Å². The number of halogens is 1. The summed E-state index contributed by atoms with van der Waals surface area (Å²) in [5, 5.41) is 11.5. The highest BCUT2D eigenvalue weighted by atomic mass is 35.5. The Labute approximate surface area is 213 Å². The lowest BCUT2D eigenvalue weighted by Gasteiger charge is -2.13. The molecule has 0 radical (unpaired) electrons. The van der Waals surface area contributed by atoms with Crippen molar-refractivity contribution in [1.29, 1.82) is 0 Å². The molecule has 0 saturated carbocycles. The molecule has 1 aliphatic rings. The zero-order valence-corrected chi connectivity index (χ0v) is 21.2. The second-order valence-corrected chi connectivity index (χ2v) is 8.74. The number of ether oxygens (including phenoxy) is 3. The molecule has 0 aliphatic carbocycles. The standard InChI is InChI=1S/C26H26ClNO6S/c1-4-22(29)28-25-23(26(31)33-6-3)24(30)21(35-25)14-16-10-11-19(20(13-16)32-5-2)34-15-17-8-7-9-18(27)12-17/h7-14,30H,4-6,15H2,1-3H3/b21-14-,28-25?. The molecule has 0 aromatic heterocycles. The number of thioether (sulfide) groups is 1. The first-order chi connectivity index (χ1) is 16.9.